The Labute approximate surface area is 110 Å². The van der Waals surface area contributed by atoms with E-state index < -0.39 is 0 Å². The van der Waals surface area contributed by atoms with Crippen molar-refractivity contribution in [1.29, 1.82) is 0 Å². The van der Waals surface area contributed by atoms with Crippen LogP contribution in [-0.4, -0.2) is 11.9 Å². The Balaban J connectivity index is 2.26. The quantitative estimate of drug-likeness (QED) is 0.866. The highest BCUT2D eigenvalue weighted by atomic mass is 16.2. The highest BCUT2D eigenvalue weighted by Crippen LogP contribution is 2.33. The summed E-state index contributed by atoms with van der Waals surface area (Å²) in [6, 6.07) is 8.86. The van der Waals surface area contributed by atoms with Gasteiger partial charge in [0.25, 0.3) is 0 Å². The first-order valence-corrected chi connectivity index (χ1v) is 6.99. The average Bonchev–Trinajstić information content (AvgIpc) is 2.69. The standard InChI is InChI=1S/C16H23NO/c1-4-12-7-5-6-8-13(12)14-10-16(18)17-15(14)9-11(2)3/h5-8,11,14-15H,4,9-10H2,1-3H3,(H,17,18). The molecule has 1 saturated heterocycles. The molecule has 0 aromatic heterocycles. The maximum absolute atomic E-state index is 11.7. The predicted octanol–water partition coefficient (Wildman–Crippen LogP) is 3.27. The van der Waals surface area contributed by atoms with Crippen LogP contribution in [0.2, 0.25) is 0 Å². The summed E-state index contributed by atoms with van der Waals surface area (Å²) in [5.41, 5.74) is 2.75. The van der Waals surface area contributed by atoms with Crippen LogP contribution in [0.25, 0.3) is 0 Å². The number of carbonyl (C=O) groups is 1. The van der Waals surface area contributed by atoms with Crippen molar-refractivity contribution in [2.75, 3.05) is 0 Å². The molecule has 0 saturated carbocycles. The molecule has 1 heterocycles. The van der Waals surface area contributed by atoms with Crippen LogP contribution in [0.4, 0.5) is 0 Å². The number of rotatable bonds is 4. The van der Waals surface area contributed by atoms with Crippen molar-refractivity contribution >= 4 is 5.91 Å². The minimum Gasteiger partial charge on any atom is -0.353 e. The molecule has 98 valence electrons. The van der Waals surface area contributed by atoms with Crippen molar-refractivity contribution in [2.45, 2.75) is 52.0 Å². The zero-order valence-electron chi connectivity index (χ0n) is 11.6. The van der Waals surface area contributed by atoms with Gasteiger partial charge in [-0.15, -0.1) is 0 Å². The van der Waals surface area contributed by atoms with Crippen LogP contribution in [-0.2, 0) is 11.2 Å². The molecule has 1 aromatic rings. The lowest BCUT2D eigenvalue weighted by atomic mass is 9.84. The Kier molecular flexibility index (Phi) is 4.05. The molecule has 1 amide bonds. The second-order valence-electron chi connectivity index (χ2n) is 5.67. The van der Waals surface area contributed by atoms with Crippen molar-refractivity contribution in [3.05, 3.63) is 35.4 Å². The molecule has 1 aromatic carbocycles. The largest absolute Gasteiger partial charge is 0.353 e. The third-order valence-electron chi connectivity index (χ3n) is 3.80. The van der Waals surface area contributed by atoms with Crippen LogP contribution in [0.5, 0.6) is 0 Å². The molecule has 2 unspecified atom stereocenters. The normalized spacial score (nSPS) is 23.4. The van der Waals surface area contributed by atoms with Gasteiger partial charge < -0.3 is 5.32 Å². The number of carbonyl (C=O) groups excluding carboxylic acids is 1. The number of benzene rings is 1. The second kappa shape index (κ2) is 5.55. The van der Waals surface area contributed by atoms with Gasteiger partial charge in [0.2, 0.25) is 5.91 Å². The number of aryl methyl sites for hydroxylation is 1. The van der Waals surface area contributed by atoms with Crippen LogP contribution in [0, 0.1) is 5.92 Å². The van der Waals surface area contributed by atoms with Crippen molar-refractivity contribution in [1.82, 2.24) is 5.32 Å². The molecule has 1 aliphatic rings. The van der Waals surface area contributed by atoms with Crippen molar-refractivity contribution in [2.24, 2.45) is 5.92 Å². The SMILES string of the molecule is CCc1ccccc1C1CC(=O)NC1CC(C)C. The van der Waals surface area contributed by atoms with E-state index >= 15 is 0 Å². The summed E-state index contributed by atoms with van der Waals surface area (Å²) in [6.07, 6.45) is 2.75. The fraction of sp³-hybridized carbons (Fsp3) is 0.562. The van der Waals surface area contributed by atoms with Crippen molar-refractivity contribution in [3.63, 3.8) is 0 Å². The lowest BCUT2D eigenvalue weighted by Gasteiger charge is -2.23. The van der Waals surface area contributed by atoms with E-state index in [2.05, 4.69) is 50.4 Å². The predicted molar refractivity (Wildman–Crippen MR) is 74.6 cm³/mol. The van der Waals surface area contributed by atoms with Gasteiger partial charge >= 0.3 is 0 Å². The molecular formula is C16H23NO. The summed E-state index contributed by atoms with van der Waals surface area (Å²) in [5, 5.41) is 3.15. The fourth-order valence-corrected chi connectivity index (χ4v) is 2.98. The summed E-state index contributed by atoms with van der Waals surface area (Å²) in [6.45, 7) is 6.61. The van der Waals surface area contributed by atoms with Gasteiger partial charge in [0.1, 0.15) is 0 Å². The molecule has 1 aliphatic heterocycles. The number of amides is 1. The molecule has 1 fully saturated rings. The molecule has 0 radical (unpaired) electrons. The highest BCUT2D eigenvalue weighted by molar-refractivity contribution is 5.80. The van der Waals surface area contributed by atoms with Crippen LogP contribution in [0.1, 0.15) is 50.7 Å². The molecule has 18 heavy (non-hydrogen) atoms. The van der Waals surface area contributed by atoms with E-state index in [0.29, 0.717) is 24.3 Å². The lowest BCUT2D eigenvalue weighted by Crippen LogP contribution is -2.29. The number of hydrogen-bond donors (Lipinski definition) is 1. The van der Waals surface area contributed by atoms with Gasteiger partial charge in [-0.05, 0) is 29.9 Å². The van der Waals surface area contributed by atoms with Crippen LogP contribution in [0.15, 0.2) is 24.3 Å². The third kappa shape index (κ3) is 2.74. The average molecular weight is 245 g/mol. The molecule has 2 atom stereocenters. The van der Waals surface area contributed by atoms with Crippen LogP contribution >= 0.6 is 0 Å². The molecule has 1 N–H and O–H groups in total. The first-order chi connectivity index (χ1) is 8.61. The Morgan fingerprint density at radius 3 is 2.72 bits per heavy atom. The third-order valence-corrected chi connectivity index (χ3v) is 3.80. The molecule has 2 heteroatoms. The summed E-state index contributed by atoms with van der Waals surface area (Å²) >= 11 is 0. The molecular weight excluding hydrogens is 222 g/mol. The van der Waals surface area contributed by atoms with Crippen LogP contribution in [0.3, 0.4) is 0 Å². The molecule has 0 spiro atoms. The van der Waals surface area contributed by atoms with E-state index in [1.807, 2.05) is 0 Å². The monoisotopic (exact) mass is 245 g/mol. The molecule has 2 nitrogen and oxygen atoms in total. The zero-order valence-corrected chi connectivity index (χ0v) is 11.6. The van der Waals surface area contributed by atoms with Gasteiger partial charge in [0.05, 0.1) is 0 Å². The van der Waals surface area contributed by atoms with E-state index in [-0.39, 0.29) is 5.91 Å². The fourth-order valence-electron chi connectivity index (χ4n) is 2.98. The van der Waals surface area contributed by atoms with Gasteiger partial charge in [0.15, 0.2) is 0 Å². The summed E-state index contributed by atoms with van der Waals surface area (Å²) in [5.74, 6) is 1.18. The van der Waals surface area contributed by atoms with E-state index in [1.54, 1.807) is 0 Å². The van der Waals surface area contributed by atoms with E-state index in [0.717, 1.165) is 12.8 Å². The first-order valence-electron chi connectivity index (χ1n) is 6.99. The minimum absolute atomic E-state index is 0.205. The van der Waals surface area contributed by atoms with Gasteiger partial charge in [-0.2, -0.15) is 0 Å². The van der Waals surface area contributed by atoms with E-state index in [4.69, 9.17) is 0 Å². The zero-order chi connectivity index (χ0) is 13.1. The Morgan fingerprint density at radius 2 is 2.06 bits per heavy atom. The lowest BCUT2D eigenvalue weighted by molar-refractivity contribution is -0.119. The summed E-state index contributed by atoms with van der Waals surface area (Å²) in [4.78, 5) is 11.7. The smallest absolute Gasteiger partial charge is 0.220 e. The van der Waals surface area contributed by atoms with Crippen molar-refractivity contribution in [3.8, 4) is 0 Å². The van der Waals surface area contributed by atoms with E-state index in [9.17, 15) is 4.79 Å². The summed E-state index contributed by atoms with van der Waals surface area (Å²) in [7, 11) is 0. The van der Waals surface area contributed by atoms with Gasteiger partial charge in [-0.3, -0.25) is 4.79 Å². The Hall–Kier alpha value is -1.31. The van der Waals surface area contributed by atoms with Crippen LogP contribution < -0.4 is 5.32 Å². The molecule has 2 rings (SSSR count). The maximum atomic E-state index is 11.7. The van der Waals surface area contributed by atoms with Gasteiger partial charge in [-0.25, -0.2) is 0 Å². The number of hydrogen-bond acceptors (Lipinski definition) is 1. The number of nitrogens with one attached hydrogen (secondary N) is 1. The summed E-state index contributed by atoms with van der Waals surface area (Å²) < 4.78 is 0. The first kappa shape index (κ1) is 13.1. The topological polar surface area (TPSA) is 29.1 Å². The second-order valence-corrected chi connectivity index (χ2v) is 5.67. The Morgan fingerprint density at radius 1 is 1.33 bits per heavy atom. The molecule has 0 bridgehead atoms. The highest BCUT2D eigenvalue weighted by Gasteiger charge is 2.34. The van der Waals surface area contributed by atoms with E-state index in [1.165, 1.54) is 11.1 Å². The van der Waals surface area contributed by atoms with Gasteiger partial charge in [0, 0.05) is 18.4 Å². The van der Waals surface area contributed by atoms with Gasteiger partial charge in [-0.1, -0.05) is 45.0 Å². The Bertz CT molecular complexity index is 425. The van der Waals surface area contributed by atoms with Crippen molar-refractivity contribution < 1.29 is 4.79 Å². The molecule has 0 aliphatic carbocycles. The maximum Gasteiger partial charge on any atom is 0.220 e. The minimum atomic E-state index is 0.205.